The van der Waals surface area contributed by atoms with E-state index in [0.29, 0.717) is 10.0 Å². The second-order valence-electron chi connectivity index (χ2n) is 4.71. The Bertz CT molecular complexity index is 619. The molecule has 1 aliphatic rings. The summed E-state index contributed by atoms with van der Waals surface area (Å²) in [5.74, 6) is 1.10. The highest BCUT2D eigenvalue weighted by atomic mass is 35.5. The molecule has 3 rings (SSSR count). The maximum atomic E-state index is 6.09. The number of benzene rings is 1. The maximum absolute atomic E-state index is 6.09. The van der Waals surface area contributed by atoms with Gasteiger partial charge in [0.1, 0.15) is 5.82 Å². The summed E-state index contributed by atoms with van der Waals surface area (Å²) in [7, 11) is 0. The van der Waals surface area contributed by atoms with Crippen LogP contribution in [0.2, 0.25) is 10.0 Å². The van der Waals surface area contributed by atoms with Crippen molar-refractivity contribution in [1.82, 2.24) is 9.78 Å². The molecule has 2 heterocycles. The van der Waals surface area contributed by atoms with Crippen molar-refractivity contribution in [3.63, 3.8) is 0 Å². The first-order chi connectivity index (χ1) is 9.20. The van der Waals surface area contributed by atoms with Gasteiger partial charge < -0.3 is 5.32 Å². The van der Waals surface area contributed by atoms with Gasteiger partial charge in [0.15, 0.2) is 0 Å². The van der Waals surface area contributed by atoms with E-state index in [9.17, 15) is 0 Å². The van der Waals surface area contributed by atoms with E-state index < -0.39 is 0 Å². The van der Waals surface area contributed by atoms with Crippen LogP contribution in [-0.2, 0) is 12.8 Å². The summed E-state index contributed by atoms with van der Waals surface area (Å²) in [4.78, 5) is 0. The third-order valence-electron chi connectivity index (χ3n) is 3.37. The van der Waals surface area contributed by atoms with Crippen molar-refractivity contribution in [3.05, 3.63) is 39.5 Å². The molecule has 0 fully saturated rings. The normalized spacial score (nSPS) is 13.4. The molecule has 0 amide bonds. The van der Waals surface area contributed by atoms with Gasteiger partial charge in [0.05, 0.1) is 21.4 Å². The predicted molar refractivity (Wildman–Crippen MR) is 79.8 cm³/mol. The summed E-state index contributed by atoms with van der Waals surface area (Å²) in [6.45, 7) is 3.15. The van der Waals surface area contributed by atoms with Crippen LogP contribution in [0.1, 0.15) is 24.6 Å². The van der Waals surface area contributed by atoms with E-state index in [4.69, 9.17) is 28.3 Å². The van der Waals surface area contributed by atoms with Gasteiger partial charge in [-0.25, -0.2) is 4.68 Å². The van der Waals surface area contributed by atoms with Crippen molar-refractivity contribution in [2.45, 2.75) is 26.2 Å². The lowest BCUT2D eigenvalue weighted by molar-refractivity contribution is 0.796. The molecule has 0 aliphatic carbocycles. The number of rotatable bonds is 3. The van der Waals surface area contributed by atoms with E-state index in [0.717, 1.165) is 37.3 Å². The van der Waals surface area contributed by atoms with Crippen LogP contribution in [-0.4, -0.2) is 16.3 Å². The number of anilines is 1. The van der Waals surface area contributed by atoms with Crippen LogP contribution in [0.4, 0.5) is 5.82 Å². The van der Waals surface area contributed by atoms with Gasteiger partial charge in [-0.1, -0.05) is 36.5 Å². The molecule has 0 unspecified atom stereocenters. The van der Waals surface area contributed by atoms with Gasteiger partial charge in [-0.2, -0.15) is 5.10 Å². The minimum absolute atomic E-state index is 0.554. The summed E-state index contributed by atoms with van der Waals surface area (Å²) in [6.07, 6.45) is 3.16. The van der Waals surface area contributed by atoms with Crippen molar-refractivity contribution in [2.75, 3.05) is 11.9 Å². The van der Waals surface area contributed by atoms with Crippen LogP contribution in [0.5, 0.6) is 0 Å². The maximum Gasteiger partial charge on any atom is 0.133 e. The molecule has 5 heteroatoms. The van der Waals surface area contributed by atoms with Gasteiger partial charge in [-0.05, 0) is 31.0 Å². The van der Waals surface area contributed by atoms with Crippen LogP contribution in [0.3, 0.4) is 0 Å². The van der Waals surface area contributed by atoms with Crippen molar-refractivity contribution in [3.8, 4) is 5.69 Å². The molecule has 0 bridgehead atoms. The summed E-state index contributed by atoms with van der Waals surface area (Å²) in [5, 5.41) is 9.24. The number of halogens is 2. The fraction of sp³-hybridized carbons (Fsp3) is 0.357. The molecule has 19 heavy (non-hydrogen) atoms. The SMILES string of the molecule is CCCc1nn(-c2ccc(Cl)c(Cl)c2)c2c1CCN2. The van der Waals surface area contributed by atoms with Crippen molar-refractivity contribution >= 4 is 29.0 Å². The standard InChI is InChI=1S/C14H15Cl2N3/c1-2-3-13-10-6-7-17-14(10)19(18-13)9-4-5-11(15)12(16)8-9/h4-5,8,17H,2-3,6-7H2,1H3. The lowest BCUT2D eigenvalue weighted by Crippen LogP contribution is -2.05. The highest BCUT2D eigenvalue weighted by molar-refractivity contribution is 6.42. The third-order valence-corrected chi connectivity index (χ3v) is 4.11. The lowest BCUT2D eigenvalue weighted by Gasteiger charge is -2.07. The predicted octanol–water partition coefficient (Wildman–Crippen LogP) is 4.10. The Labute approximate surface area is 122 Å². The van der Waals surface area contributed by atoms with E-state index in [2.05, 4.69) is 12.2 Å². The first-order valence-electron chi connectivity index (χ1n) is 6.50. The first-order valence-corrected chi connectivity index (χ1v) is 7.26. The molecule has 1 aromatic heterocycles. The van der Waals surface area contributed by atoms with Gasteiger partial charge in [0.2, 0.25) is 0 Å². The van der Waals surface area contributed by atoms with Crippen molar-refractivity contribution in [1.29, 1.82) is 0 Å². The molecule has 0 radical (unpaired) electrons. The van der Waals surface area contributed by atoms with Crippen LogP contribution in [0.25, 0.3) is 5.69 Å². The fourth-order valence-electron chi connectivity index (χ4n) is 2.49. The number of hydrogen-bond donors (Lipinski definition) is 1. The van der Waals surface area contributed by atoms with Crippen LogP contribution in [0.15, 0.2) is 18.2 Å². The molecular formula is C14H15Cl2N3. The lowest BCUT2D eigenvalue weighted by atomic mass is 10.1. The fourth-order valence-corrected chi connectivity index (χ4v) is 2.78. The van der Waals surface area contributed by atoms with E-state index in [1.54, 1.807) is 0 Å². The van der Waals surface area contributed by atoms with Crippen molar-refractivity contribution in [2.24, 2.45) is 0 Å². The largest absolute Gasteiger partial charge is 0.369 e. The molecule has 0 atom stereocenters. The molecule has 1 aromatic carbocycles. The van der Waals surface area contributed by atoms with E-state index >= 15 is 0 Å². The van der Waals surface area contributed by atoms with Gasteiger partial charge in [0, 0.05) is 12.1 Å². The molecule has 1 aliphatic heterocycles. The second kappa shape index (κ2) is 5.06. The van der Waals surface area contributed by atoms with E-state index in [1.807, 2.05) is 22.9 Å². The number of hydrogen-bond acceptors (Lipinski definition) is 2. The number of nitrogens with zero attached hydrogens (tertiary/aromatic N) is 2. The summed E-state index contributed by atoms with van der Waals surface area (Å²) in [5.41, 5.74) is 3.48. The monoisotopic (exact) mass is 295 g/mol. The van der Waals surface area contributed by atoms with Crippen molar-refractivity contribution < 1.29 is 0 Å². The summed E-state index contributed by atoms with van der Waals surface area (Å²) >= 11 is 12.1. The topological polar surface area (TPSA) is 29.9 Å². The van der Waals surface area contributed by atoms with Gasteiger partial charge in [-0.15, -0.1) is 0 Å². The number of aromatic nitrogens is 2. The molecule has 3 nitrogen and oxygen atoms in total. The summed E-state index contributed by atoms with van der Waals surface area (Å²) < 4.78 is 1.94. The number of nitrogens with one attached hydrogen (secondary N) is 1. The zero-order valence-corrected chi connectivity index (χ0v) is 12.2. The first kappa shape index (κ1) is 12.8. The zero-order valence-electron chi connectivity index (χ0n) is 10.7. The Hall–Kier alpha value is -1.19. The van der Waals surface area contributed by atoms with Crippen LogP contribution >= 0.6 is 23.2 Å². The molecule has 100 valence electrons. The Morgan fingerprint density at radius 3 is 2.89 bits per heavy atom. The zero-order chi connectivity index (χ0) is 13.4. The van der Waals surface area contributed by atoms with Crippen LogP contribution in [0, 0.1) is 0 Å². The Morgan fingerprint density at radius 1 is 1.32 bits per heavy atom. The minimum Gasteiger partial charge on any atom is -0.369 e. The third kappa shape index (κ3) is 2.21. The highest BCUT2D eigenvalue weighted by Crippen LogP contribution is 2.31. The number of fused-ring (bicyclic) bond motifs is 1. The quantitative estimate of drug-likeness (QED) is 0.924. The summed E-state index contributed by atoms with van der Waals surface area (Å²) in [6, 6.07) is 5.60. The van der Waals surface area contributed by atoms with Gasteiger partial charge in [-0.3, -0.25) is 0 Å². The van der Waals surface area contributed by atoms with E-state index in [-0.39, 0.29) is 0 Å². The minimum atomic E-state index is 0.554. The molecule has 0 saturated carbocycles. The second-order valence-corrected chi connectivity index (χ2v) is 5.53. The average Bonchev–Trinajstić information content (AvgIpc) is 2.97. The van der Waals surface area contributed by atoms with E-state index in [1.165, 1.54) is 11.3 Å². The average molecular weight is 296 g/mol. The molecule has 0 spiro atoms. The molecular weight excluding hydrogens is 281 g/mol. The Kier molecular flexibility index (Phi) is 3.42. The van der Waals surface area contributed by atoms with Gasteiger partial charge in [0.25, 0.3) is 0 Å². The number of aryl methyl sites for hydroxylation is 1. The Morgan fingerprint density at radius 2 is 2.16 bits per heavy atom. The van der Waals surface area contributed by atoms with Gasteiger partial charge >= 0.3 is 0 Å². The van der Waals surface area contributed by atoms with Crippen LogP contribution < -0.4 is 5.32 Å². The molecule has 1 N–H and O–H groups in total. The Balaban J connectivity index is 2.09. The highest BCUT2D eigenvalue weighted by Gasteiger charge is 2.22. The molecule has 0 saturated heterocycles. The smallest absolute Gasteiger partial charge is 0.133 e. The molecule has 2 aromatic rings.